The van der Waals surface area contributed by atoms with Crippen LogP contribution in [0, 0.1) is 5.92 Å². The smallest absolute Gasteiger partial charge is 0.338 e. The molecule has 0 unspecified atom stereocenters. The second-order valence-electron chi connectivity index (χ2n) is 4.13. The van der Waals surface area contributed by atoms with Crippen LogP contribution < -0.4 is 5.73 Å². The van der Waals surface area contributed by atoms with E-state index in [1.165, 1.54) is 6.42 Å². The highest BCUT2D eigenvalue weighted by atomic mass is 35.5. The summed E-state index contributed by atoms with van der Waals surface area (Å²) < 4.78 is 5.19. The van der Waals surface area contributed by atoms with Crippen LogP contribution in [0.1, 0.15) is 29.6 Å². The maximum absolute atomic E-state index is 11.6. The first-order chi connectivity index (χ1) is 7.66. The van der Waals surface area contributed by atoms with Gasteiger partial charge >= 0.3 is 5.97 Å². The average molecular weight is 240 g/mol. The maximum Gasteiger partial charge on any atom is 0.338 e. The van der Waals surface area contributed by atoms with Gasteiger partial charge in [-0.1, -0.05) is 18.0 Å². The van der Waals surface area contributed by atoms with E-state index in [2.05, 4.69) is 0 Å². The molecule has 86 valence electrons. The molecule has 0 spiro atoms. The Morgan fingerprint density at radius 1 is 1.50 bits per heavy atom. The van der Waals surface area contributed by atoms with Gasteiger partial charge in [0.25, 0.3) is 0 Å². The van der Waals surface area contributed by atoms with Crippen molar-refractivity contribution < 1.29 is 9.53 Å². The molecule has 0 atom stereocenters. The Morgan fingerprint density at radius 2 is 2.25 bits per heavy atom. The minimum atomic E-state index is -0.325. The molecule has 2 N–H and O–H groups in total. The molecule has 0 saturated heterocycles. The maximum atomic E-state index is 11.6. The van der Waals surface area contributed by atoms with Crippen molar-refractivity contribution in [1.29, 1.82) is 0 Å². The Balaban J connectivity index is 1.94. The van der Waals surface area contributed by atoms with E-state index in [1.54, 1.807) is 18.2 Å². The molecule has 0 radical (unpaired) electrons. The molecule has 0 heterocycles. The van der Waals surface area contributed by atoms with E-state index in [9.17, 15) is 4.79 Å². The van der Waals surface area contributed by atoms with Crippen LogP contribution in [-0.2, 0) is 4.74 Å². The average Bonchev–Trinajstić information content (AvgIpc) is 2.19. The second kappa shape index (κ2) is 4.74. The van der Waals surface area contributed by atoms with Crippen molar-refractivity contribution in [1.82, 2.24) is 0 Å². The zero-order chi connectivity index (χ0) is 11.5. The third-order valence-electron chi connectivity index (χ3n) is 2.91. The Kier molecular flexibility index (Phi) is 3.34. The molecule has 1 aromatic rings. The molecule has 3 nitrogen and oxygen atoms in total. The number of hydrogen-bond donors (Lipinski definition) is 1. The predicted molar refractivity (Wildman–Crippen MR) is 63.5 cm³/mol. The molecule has 1 aliphatic carbocycles. The predicted octanol–water partition coefficient (Wildman–Crippen LogP) is 2.88. The Labute approximate surface area is 99.5 Å². The molecular formula is C12H14ClNO2. The van der Waals surface area contributed by atoms with Gasteiger partial charge in [-0.2, -0.15) is 0 Å². The van der Waals surface area contributed by atoms with Gasteiger partial charge in [0.05, 0.1) is 22.9 Å². The molecular weight excluding hydrogens is 226 g/mol. The lowest BCUT2D eigenvalue weighted by Crippen LogP contribution is -2.20. The standard InChI is InChI=1S/C12H14ClNO2/c13-10-6-9(4-5-11(10)14)12(15)16-7-8-2-1-3-8/h4-6,8H,1-3,7,14H2. The summed E-state index contributed by atoms with van der Waals surface area (Å²) in [6, 6.07) is 4.78. The zero-order valence-electron chi connectivity index (χ0n) is 8.91. The van der Waals surface area contributed by atoms with E-state index in [0.717, 1.165) is 12.8 Å². The third-order valence-corrected chi connectivity index (χ3v) is 3.24. The van der Waals surface area contributed by atoms with Crippen LogP contribution in [0.3, 0.4) is 0 Å². The van der Waals surface area contributed by atoms with E-state index in [4.69, 9.17) is 22.1 Å². The largest absolute Gasteiger partial charge is 0.462 e. The van der Waals surface area contributed by atoms with Crippen LogP contribution in [0.2, 0.25) is 5.02 Å². The summed E-state index contributed by atoms with van der Waals surface area (Å²) in [4.78, 5) is 11.6. The van der Waals surface area contributed by atoms with E-state index >= 15 is 0 Å². The first kappa shape index (κ1) is 11.3. The molecule has 16 heavy (non-hydrogen) atoms. The number of hydrogen-bond acceptors (Lipinski definition) is 3. The Hall–Kier alpha value is -1.22. The lowest BCUT2D eigenvalue weighted by Gasteiger charge is -2.24. The summed E-state index contributed by atoms with van der Waals surface area (Å²) in [7, 11) is 0. The van der Waals surface area contributed by atoms with Crippen molar-refractivity contribution in [2.45, 2.75) is 19.3 Å². The summed E-state index contributed by atoms with van der Waals surface area (Å²) in [5.41, 5.74) is 6.48. The summed E-state index contributed by atoms with van der Waals surface area (Å²) in [6.07, 6.45) is 3.57. The number of nitrogens with two attached hydrogens (primary N) is 1. The fourth-order valence-electron chi connectivity index (χ4n) is 1.59. The van der Waals surface area contributed by atoms with E-state index < -0.39 is 0 Å². The highest BCUT2D eigenvalue weighted by Gasteiger charge is 2.19. The van der Waals surface area contributed by atoms with Gasteiger partial charge in [-0.25, -0.2) is 4.79 Å². The topological polar surface area (TPSA) is 52.3 Å². The minimum Gasteiger partial charge on any atom is -0.462 e. The molecule has 1 fully saturated rings. The monoisotopic (exact) mass is 239 g/mol. The van der Waals surface area contributed by atoms with Gasteiger partial charge in [-0.3, -0.25) is 0 Å². The Bertz CT molecular complexity index is 402. The first-order valence-electron chi connectivity index (χ1n) is 5.39. The van der Waals surface area contributed by atoms with Crippen LogP contribution >= 0.6 is 11.6 Å². The lowest BCUT2D eigenvalue weighted by molar-refractivity contribution is 0.0371. The van der Waals surface area contributed by atoms with Crippen LogP contribution in [-0.4, -0.2) is 12.6 Å². The van der Waals surface area contributed by atoms with Crippen LogP contribution in [0.4, 0.5) is 5.69 Å². The lowest BCUT2D eigenvalue weighted by atomic mass is 9.86. The van der Waals surface area contributed by atoms with Crippen molar-refractivity contribution in [2.24, 2.45) is 5.92 Å². The molecule has 0 bridgehead atoms. The summed E-state index contributed by atoms with van der Waals surface area (Å²) in [5.74, 6) is 0.224. The summed E-state index contributed by atoms with van der Waals surface area (Å²) >= 11 is 5.83. The number of esters is 1. The number of anilines is 1. The summed E-state index contributed by atoms with van der Waals surface area (Å²) in [6.45, 7) is 0.515. The van der Waals surface area contributed by atoms with Crippen molar-refractivity contribution >= 4 is 23.3 Å². The van der Waals surface area contributed by atoms with Crippen molar-refractivity contribution in [3.63, 3.8) is 0 Å². The first-order valence-corrected chi connectivity index (χ1v) is 5.77. The van der Waals surface area contributed by atoms with Gasteiger partial charge in [0.15, 0.2) is 0 Å². The molecule has 2 rings (SSSR count). The van der Waals surface area contributed by atoms with Crippen molar-refractivity contribution in [3.8, 4) is 0 Å². The second-order valence-corrected chi connectivity index (χ2v) is 4.54. The van der Waals surface area contributed by atoms with E-state index in [0.29, 0.717) is 28.8 Å². The third kappa shape index (κ3) is 2.47. The molecule has 1 saturated carbocycles. The number of nitrogen functional groups attached to an aromatic ring is 1. The van der Waals surface area contributed by atoms with Gasteiger partial charge in [-0.05, 0) is 37.0 Å². The van der Waals surface area contributed by atoms with E-state index in [1.807, 2.05) is 0 Å². The van der Waals surface area contributed by atoms with Crippen molar-refractivity contribution in [2.75, 3.05) is 12.3 Å². The number of rotatable bonds is 3. The molecule has 4 heteroatoms. The normalized spacial score (nSPS) is 15.6. The van der Waals surface area contributed by atoms with Crippen LogP contribution in [0.15, 0.2) is 18.2 Å². The van der Waals surface area contributed by atoms with Gasteiger partial charge < -0.3 is 10.5 Å². The number of benzene rings is 1. The molecule has 0 amide bonds. The fourth-order valence-corrected chi connectivity index (χ4v) is 1.77. The van der Waals surface area contributed by atoms with Gasteiger partial charge in [0, 0.05) is 0 Å². The zero-order valence-corrected chi connectivity index (χ0v) is 9.67. The molecule has 0 aromatic heterocycles. The Morgan fingerprint density at radius 3 is 2.81 bits per heavy atom. The quantitative estimate of drug-likeness (QED) is 0.652. The number of halogens is 1. The van der Waals surface area contributed by atoms with Gasteiger partial charge in [0.2, 0.25) is 0 Å². The molecule has 1 aromatic carbocycles. The molecule has 1 aliphatic rings. The SMILES string of the molecule is Nc1ccc(C(=O)OCC2CCC2)cc1Cl. The van der Waals surface area contributed by atoms with Gasteiger partial charge in [0.1, 0.15) is 0 Å². The van der Waals surface area contributed by atoms with Crippen LogP contribution in [0.25, 0.3) is 0 Å². The number of carbonyl (C=O) groups is 1. The number of ether oxygens (including phenoxy) is 1. The highest BCUT2D eigenvalue weighted by molar-refractivity contribution is 6.33. The fraction of sp³-hybridized carbons (Fsp3) is 0.417. The molecule has 0 aliphatic heterocycles. The van der Waals surface area contributed by atoms with Gasteiger partial charge in [-0.15, -0.1) is 0 Å². The van der Waals surface area contributed by atoms with Crippen LogP contribution in [0.5, 0.6) is 0 Å². The number of carbonyl (C=O) groups excluding carboxylic acids is 1. The highest BCUT2D eigenvalue weighted by Crippen LogP contribution is 2.27. The van der Waals surface area contributed by atoms with E-state index in [-0.39, 0.29) is 5.97 Å². The minimum absolute atomic E-state index is 0.325. The van der Waals surface area contributed by atoms with Crippen molar-refractivity contribution in [3.05, 3.63) is 28.8 Å². The summed E-state index contributed by atoms with van der Waals surface area (Å²) in [5, 5.41) is 0.387.